The first-order chi connectivity index (χ1) is 21.3. The number of rotatable bonds is 10. The van der Waals surface area contributed by atoms with E-state index in [1.165, 1.54) is 15.9 Å². The Kier molecular flexibility index (Phi) is 9.77. The van der Waals surface area contributed by atoms with Crippen molar-refractivity contribution in [1.82, 2.24) is 0 Å². The van der Waals surface area contributed by atoms with Gasteiger partial charge in [-0.05, 0) is 65.4 Å². The minimum Gasteiger partial charge on any atom is -0.407 e. The standard InChI is InChI=1S/C38H50O5Si/c1-37(2,3)44(30-17-9-5-10-18-30,31-19-11-6-12-20-31)42-27-32-33-25-35(39)41-28-38(33,23-22-29-15-7-4-8-16-29)26-34(32)43-36-21-13-14-24-40-36/h4-12,15-20,32-36,39H,13-14,21-28H2,1-3H3/t32-,33-,34-,35?,36?,38-/m1/s1. The fraction of sp³-hybridized carbons (Fsp3) is 0.526. The van der Waals surface area contributed by atoms with Crippen molar-refractivity contribution >= 4 is 18.7 Å². The first-order valence-electron chi connectivity index (χ1n) is 16.7. The summed E-state index contributed by atoms with van der Waals surface area (Å²) in [6.45, 7) is 8.88. The van der Waals surface area contributed by atoms with Gasteiger partial charge in [0.15, 0.2) is 12.6 Å². The third kappa shape index (κ3) is 6.48. The van der Waals surface area contributed by atoms with E-state index in [-0.39, 0.29) is 34.7 Å². The van der Waals surface area contributed by atoms with Crippen LogP contribution in [0.25, 0.3) is 0 Å². The van der Waals surface area contributed by atoms with Gasteiger partial charge in [0, 0.05) is 31.0 Å². The molecule has 6 rings (SSSR count). The quantitative estimate of drug-likeness (QED) is 0.266. The number of ether oxygens (including phenoxy) is 3. The van der Waals surface area contributed by atoms with E-state index in [1.54, 1.807) is 0 Å². The number of fused-ring (bicyclic) bond motifs is 1. The summed E-state index contributed by atoms with van der Waals surface area (Å²) >= 11 is 0. The SMILES string of the molecule is CC(C)(C)[Si](OC[C@@H]1[C@H]2CC(O)OC[C@@]2(CCc2ccccc2)C[C@H]1OC1CCCCO1)(c1ccccc1)c1ccccc1. The van der Waals surface area contributed by atoms with Crippen molar-refractivity contribution in [3.05, 3.63) is 96.6 Å². The van der Waals surface area contributed by atoms with E-state index in [2.05, 4.69) is 112 Å². The summed E-state index contributed by atoms with van der Waals surface area (Å²) in [6, 6.07) is 32.5. The predicted molar refractivity (Wildman–Crippen MR) is 177 cm³/mol. The second-order valence-electron chi connectivity index (χ2n) is 14.3. The predicted octanol–water partition coefficient (Wildman–Crippen LogP) is 6.47. The molecule has 44 heavy (non-hydrogen) atoms. The summed E-state index contributed by atoms with van der Waals surface area (Å²) in [5.41, 5.74) is 1.25. The van der Waals surface area contributed by atoms with Crippen molar-refractivity contribution < 1.29 is 23.7 Å². The van der Waals surface area contributed by atoms with E-state index in [0.29, 0.717) is 19.6 Å². The lowest BCUT2D eigenvalue weighted by Gasteiger charge is -2.46. The van der Waals surface area contributed by atoms with Gasteiger partial charge in [-0.1, -0.05) is 112 Å². The third-order valence-corrected chi connectivity index (χ3v) is 15.5. The van der Waals surface area contributed by atoms with Crippen LogP contribution in [-0.4, -0.2) is 51.9 Å². The molecular formula is C38H50O5Si. The van der Waals surface area contributed by atoms with Gasteiger partial charge < -0.3 is 23.7 Å². The first kappa shape index (κ1) is 31.7. The highest BCUT2D eigenvalue weighted by Gasteiger charge is 2.58. The maximum atomic E-state index is 10.9. The van der Waals surface area contributed by atoms with Crippen LogP contribution in [0.5, 0.6) is 0 Å². The molecule has 3 aliphatic rings. The Morgan fingerprint density at radius 2 is 1.50 bits per heavy atom. The Morgan fingerprint density at radius 3 is 2.09 bits per heavy atom. The second kappa shape index (κ2) is 13.6. The first-order valence-corrected chi connectivity index (χ1v) is 18.6. The molecule has 236 valence electrons. The lowest BCUT2D eigenvalue weighted by molar-refractivity contribution is -0.198. The summed E-state index contributed by atoms with van der Waals surface area (Å²) in [4.78, 5) is 0. The molecule has 0 radical (unpaired) electrons. The van der Waals surface area contributed by atoms with E-state index in [4.69, 9.17) is 18.6 Å². The molecule has 2 saturated heterocycles. The molecule has 5 nitrogen and oxygen atoms in total. The molecule has 0 aromatic heterocycles. The Labute approximate surface area is 265 Å². The van der Waals surface area contributed by atoms with Crippen LogP contribution in [0.15, 0.2) is 91.0 Å². The zero-order valence-electron chi connectivity index (χ0n) is 26.7. The minimum atomic E-state index is -2.75. The van der Waals surface area contributed by atoms with Gasteiger partial charge >= 0.3 is 0 Å². The maximum absolute atomic E-state index is 10.9. The number of aryl methyl sites for hydroxylation is 1. The van der Waals surface area contributed by atoms with Gasteiger partial charge in [-0.15, -0.1) is 0 Å². The molecular weight excluding hydrogens is 564 g/mol. The van der Waals surface area contributed by atoms with Gasteiger partial charge in [-0.25, -0.2) is 0 Å². The van der Waals surface area contributed by atoms with Gasteiger partial charge in [0.1, 0.15) is 0 Å². The molecule has 1 saturated carbocycles. The Morgan fingerprint density at radius 1 is 0.864 bits per heavy atom. The molecule has 0 spiro atoms. The van der Waals surface area contributed by atoms with Crippen LogP contribution >= 0.6 is 0 Å². The zero-order valence-corrected chi connectivity index (χ0v) is 27.7. The van der Waals surface area contributed by atoms with Crippen molar-refractivity contribution in [3.63, 3.8) is 0 Å². The monoisotopic (exact) mass is 614 g/mol. The summed E-state index contributed by atoms with van der Waals surface area (Å²) < 4.78 is 26.6. The van der Waals surface area contributed by atoms with Gasteiger partial charge in [-0.3, -0.25) is 0 Å². The summed E-state index contributed by atoms with van der Waals surface area (Å²) in [6.07, 6.45) is 5.67. The number of aliphatic hydroxyl groups is 1. The summed E-state index contributed by atoms with van der Waals surface area (Å²) in [7, 11) is -2.75. The van der Waals surface area contributed by atoms with Gasteiger partial charge in [0.25, 0.3) is 8.32 Å². The van der Waals surface area contributed by atoms with Crippen LogP contribution in [0.2, 0.25) is 5.04 Å². The fourth-order valence-electron chi connectivity index (χ4n) is 8.32. The Hall–Kier alpha value is -2.32. The highest BCUT2D eigenvalue weighted by Crippen LogP contribution is 2.56. The van der Waals surface area contributed by atoms with Crippen molar-refractivity contribution in [2.75, 3.05) is 19.8 Å². The van der Waals surface area contributed by atoms with E-state index >= 15 is 0 Å². The van der Waals surface area contributed by atoms with Crippen LogP contribution in [-0.2, 0) is 25.1 Å². The molecule has 0 bridgehead atoms. The third-order valence-electron chi connectivity index (χ3n) is 10.5. The lowest BCUT2D eigenvalue weighted by Crippen LogP contribution is -2.67. The Bertz CT molecular complexity index is 1270. The molecule has 6 atom stereocenters. The second-order valence-corrected chi connectivity index (χ2v) is 18.6. The molecule has 2 heterocycles. The molecule has 3 aromatic carbocycles. The molecule has 1 aliphatic carbocycles. The number of benzene rings is 3. The maximum Gasteiger partial charge on any atom is 0.261 e. The van der Waals surface area contributed by atoms with Crippen molar-refractivity contribution in [2.45, 2.75) is 89.4 Å². The van der Waals surface area contributed by atoms with Crippen LogP contribution in [0.4, 0.5) is 0 Å². The van der Waals surface area contributed by atoms with E-state index in [1.807, 2.05) is 0 Å². The van der Waals surface area contributed by atoms with E-state index in [9.17, 15) is 5.11 Å². The largest absolute Gasteiger partial charge is 0.407 e. The minimum absolute atomic E-state index is 0.0222. The Balaban J connectivity index is 1.36. The van der Waals surface area contributed by atoms with Gasteiger partial charge in [0.2, 0.25) is 0 Å². The van der Waals surface area contributed by atoms with Crippen LogP contribution in [0.1, 0.15) is 64.9 Å². The highest BCUT2D eigenvalue weighted by molar-refractivity contribution is 6.99. The summed E-state index contributed by atoms with van der Waals surface area (Å²) in [5, 5.41) is 13.3. The van der Waals surface area contributed by atoms with Crippen LogP contribution in [0, 0.1) is 17.3 Å². The van der Waals surface area contributed by atoms with Crippen LogP contribution in [0.3, 0.4) is 0 Å². The van der Waals surface area contributed by atoms with E-state index in [0.717, 1.165) is 45.1 Å². The highest BCUT2D eigenvalue weighted by atomic mass is 28.4. The number of aliphatic hydroxyl groups excluding tert-OH is 1. The molecule has 6 heteroatoms. The normalized spacial score (nSPS) is 29.3. The lowest BCUT2D eigenvalue weighted by atomic mass is 9.69. The van der Waals surface area contributed by atoms with Crippen molar-refractivity contribution in [2.24, 2.45) is 17.3 Å². The van der Waals surface area contributed by atoms with E-state index < -0.39 is 14.6 Å². The summed E-state index contributed by atoms with van der Waals surface area (Å²) in [5.74, 6) is 0.346. The molecule has 1 N–H and O–H groups in total. The van der Waals surface area contributed by atoms with Crippen molar-refractivity contribution in [3.8, 4) is 0 Å². The average molecular weight is 615 g/mol. The zero-order chi connectivity index (χ0) is 30.6. The molecule has 0 amide bonds. The molecule has 2 unspecified atom stereocenters. The average Bonchev–Trinajstić information content (AvgIpc) is 3.34. The van der Waals surface area contributed by atoms with Gasteiger partial charge in [0.05, 0.1) is 12.7 Å². The van der Waals surface area contributed by atoms with Crippen molar-refractivity contribution in [1.29, 1.82) is 0 Å². The number of hydrogen-bond acceptors (Lipinski definition) is 5. The smallest absolute Gasteiger partial charge is 0.261 e. The molecule has 3 fully saturated rings. The van der Waals surface area contributed by atoms with Crippen LogP contribution < -0.4 is 10.4 Å². The topological polar surface area (TPSA) is 57.2 Å². The number of hydrogen-bond donors (Lipinski definition) is 1. The molecule has 2 aliphatic heterocycles. The van der Waals surface area contributed by atoms with Gasteiger partial charge in [-0.2, -0.15) is 0 Å². The molecule has 3 aromatic rings. The fourth-order valence-corrected chi connectivity index (χ4v) is 12.9.